The number of nitrogens with two attached hydrogens (primary N) is 1. The van der Waals surface area contributed by atoms with E-state index < -0.39 is 23.2 Å². The van der Waals surface area contributed by atoms with E-state index in [2.05, 4.69) is 5.32 Å². The summed E-state index contributed by atoms with van der Waals surface area (Å²) in [6, 6.07) is 3.19. The summed E-state index contributed by atoms with van der Waals surface area (Å²) < 4.78 is 13.4. The van der Waals surface area contributed by atoms with Crippen LogP contribution in [0.25, 0.3) is 0 Å². The van der Waals surface area contributed by atoms with E-state index in [-0.39, 0.29) is 17.7 Å². The maximum Gasteiger partial charge on any atom is 0.335 e. The van der Waals surface area contributed by atoms with Crippen LogP contribution in [0.2, 0.25) is 0 Å². The average Bonchev–Trinajstić information content (AvgIpc) is 2.18. The number of hydrogen-bond acceptors (Lipinski definition) is 3. The van der Waals surface area contributed by atoms with Crippen LogP contribution in [0.4, 0.5) is 10.1 Å². The van der Waals surface area contributed by atoms with Crippen molar-refractivity contribution in [2.45, 2.75) is 25.8 Å². The number of carboxylic acids is 1. The monoisotopic (exact) mass is 254 g/mol. The van der Waals surface area contributed by atoms with Gasteiger partial charge in [-0.15, -0.1) is 0 Å². The van der Waals surface area contributed by atoms with Gasteiger partial charge in [0, 0.05) is 12.0 Å². The van der Waals surface area contributed by atoms with E-state index >= 15 is 0 Å². The summed E-state index contributed by atoms with van der Waals surface area (Å²) >= 11 is 0. The molecule has 0 unspecified atom stereocenters. The van der Waals surface area contributed by atoms with E-state index in [0.29, 0.717) is 0 Å². The first-order valence-corrected chi connectivity index (χ1v) is 5.30. The minimum absolute atomic E-state index is 0.00371. The second kappa shape index (κ2) is 5.14. The molecule has 1 amide bonds. The molecule has 0 fully saturated rings. The fraction of sp³-hybridized carbons (Fsp3) is 0.333. The molecule has 1 aromatic carbocycles. The van der Waals surface area contributed by atoms with Crippen molar-refractivity contribution in [3.63, 3.8) is 0 Å². The Morgan fingerprint density at radius 1 is 1.44 bits per heavy atom. The van der Waals surface area contributed by atoms with Gasteiger partial charge in [-0.25, -0.2) is 9.18 Å². The summed E-state index contributed by atoms with van der Waals surface area (Å²) in [7, 11) is 0. The zero-order chi connectivity index (χ0) is 13.9. The zero-order valence-corrected chi connectivity index (χ0v) is 10.2. The fourth-order valence-corrected chi connectivity index (χ4v) is 1.36. The van der Waals surface area contributed by atoms with Gasteiger partial charge in [0.25, 0.3) is 0 Å². The van der Waals surface area contributed by atoms with Crippen molar-refractivity contribution in [3.05, 3.63) is 29.6 Å². The van der Waals surface area contributed by atoms with Gasteiger partial charge in [-0.2, -0.15) is 0 Å². The van der Waals surface area contributed by atoms with E-state index in [1.165, 1.54) is 0 Å². The standard InChI is InChI=1S/C12H15FN2O3/c1-12(2,14)6-10(16)15-9-5-7(11(17)18)3-4-8(9)13/h3-5H,6,14H2,1-2H3,(H,15,16)(H,17,18). The smallest absolute Gasteiger partial charge is 0.335 e. The first-order valence-electron chi connectivity index (χ1n) is 5.30. The molecule has 0 aromatic heterocycles. The summed E-state index contributed by atoms with van der Waals surface area (Å²) in [5.74, 6) is -2.35. The SMILES string of the molecule is CC(C)(N)CC(=O)Nc1cc(C(=O)O)ccc1F. The molecular weight excluding hydrogens is 239 g/mol. The molecular formula is C12H15FN2O3. The largest absolute Gasteiger partial charge is 0.478 e. The molecule has 0 bridgehead atoms. The lowest BCUT2D eigenvalue weighted by atomic mass is 10.0. The highest BCUT2D eigenvalue weighted by Gasteiger charge is 2.18. The topological polar surface area (TPSA) is 92.4 Å². The lowest BCUT2D eigenvalue weighted by Gasteiger charge is -2.17. The van der Waals surface area contributed by atoms with Gasteiger partial charge in [-0.3, -0.25) is 4.79 Å². The Bertz CT molecular complexity index is 481. The first-order chi connectivity index (χ1) is 8.19. The predicted octanol–water partition coefficient (Wildman–Crippen LogP) is 1.59. The van der Waals surface area contributed by atoms with Gasteiger partial charge in [0.15, 0.2) is 0 Å². The molecule has 0 aliphatic rings. The van der Waals surface area contributed by atoms with E-state index in [1.807, 2.05) is 0 Å². The van der Waals surface area contributed by atoms with Gasteiger partial charge in [-0.1, -0.05) is 0 Å². The lowest BCUT2D eigenvalue weighted by molar-refractivity contribution is -0.117. The summed E-state index contributed by atoms with van der Waals surface area (Å²) in [4.78, 5) is 22.3. The van der Waals surface area contributed by atoms with Crippen molar-refractivity contribution in [2.75, 3.05) is 5.32 Å². The molecule has 5 nitrogen and oxygen atoms in total. The molecule has 0 spiro atoms. The quantitative estimate of drug-likeness (QED) is 0.760. The zero-order valence-electron chi connectivity index (χ0n) is 10.2. The molecule has 98 valence electrons. The number of hydrogen-bond donors (Lipinski definition) is 3. The predicted molar refractivity (Wildman–Crippen MR) is 64.9 cm³/mol. The normalized spacial score (nSPS) is 11.1. The number of amides is 1. The summed E-state index contributed by atoms with van der Waals surface area (Å²) in [5.41, 5.74) is 4.68. The van der Waals surface area contributed by atoms with E-state index in [9.17, 15) is 14.0 Å². The molecule has 0 aliphatic carbocycles. The van der Waals surface area contributed by atoms with Crippen molar-refractivity contribution in [2.24, 2.45) is 5.73 Å². The molecule has 0 aliphatic heterocycles. The number of carboxylic acid groups (broad SMARTS) is 1. The van der Waals surface area contributed by atoms with Crippen molar-refractivity contribution < 1.29 is 19.1 Å². The van der Waals surface area contributed by atoms with Crippen molar-refractivity contribution >= 4 is 17.6 Å². The minimum atomic E-state index is -1.19. The molecule has 18 heavy (non-hydrogen) atoms. The number of carbonyl (C=O) groups is 2. The van der Waals surface area contributed by atoms with Crippen molar-refractivity contribution in [1.29, 1.82) is 0 Å². The van der Waals surface area contributed by atoms with Gasteiger partial charge in [0.2, 0.25) is 5.91 Å². The Hall–Kier alpha value is -1.95. The summed E-state index contributed by atoms with van der Waals surface area (Å²) in [6.07, 6.45) is 0.00371. The van der Waals surface area contributed by atoms with E-state index in [0.717, 1.165) is 18.2 Å². The molecule has 0 saturated heterocycles. The lowest BCUT2D eigenvalue weighted by Crippen LogP contribution is -2.36. The van der Waals surface area contributed by atoms with Gasteiger partial charge in [0.1, 0.15) is 5.82 Å². The molecule has 6 heteroatoms. The molecule has 0 heterocycles. The minimum Gasteiger partial charge on any atom is -0.478 e. The van der Waals surface area contributed by atoms with Crippen LogP contribution in [0.15, 0.2) is 18.2 Å². The molecule has 0 atom stereocenters. The van der Waals surface area contributed by atoms with E-state index in [4.69, 9.17) is 10.8 Å². The first kappa shape index (κ1) is 14.1. The Morgan fingerprint density at radius 3 is 2.56 bits per heavy atom. The number of aromatic carboxylic acids is 1. The van der Waals surface area contributed by atoms with Crippen molar-refractivity contribution in [3.8, 4) is 0 Å². The maximum absolute atomic E-state index is 13.4. The number of carbonyl (C=O) groups excluding carboxylic acids is 1. The molecule has 0 saturated carbocycles. The van der Waals surface area contributed by atoms with Gasteiger partial charge >= 0.3 is 5.97 Å². The third-order valence-corrected chi connectivity index (χ3v) is 2.10. The van der Waals surface area contributed by atoms with Crippen LogP contribution in [0.5, 0.6) is 0 Å². The second-order valence-corrected chi connectivity index (χ2v) is 4.71. The van der Waals surface area contributed by atoms with Crippen molar-refractivity contribution in [1.82, 2.24) is 0 Å². The highest BCUT2D eigenvalue weighted by atomic mass is 19.1. The fourth-order valence-electron chi connectivity index (χ4n) is 1.36. The number of nitrogens with one attached hydrogen (secondary N) is 1. The number of anilines is 1. The van der Waals surface area contributed by atoms with E-state index in [1.54, 1.807) is 13.8 Å². The maximum atomic E-state index is 13.4. The molecule has 1 aromatic rings. The number of halogens is 1. The van der Waals surface area contributed by atoms with Crippen LogP contribution in [0, 0.1) is 5.82 Å². The molecule has 1 rings (SSSR count). The van der Waals surface area contributed by atoms with Crippen LogP contribution in [-0.4, -0.2) is 22.5 Å². The Morgan fingerprint density at radius 2 is 2.06 bits per heavy atom. The van der Waals surface area contributed by atoms with Gasteiger partial charge < -0.3 is 16.2 Å². The van der Waals surface area contributed by atoms with Gasteiger partial charge in [-0.05, 0) is 32.0 Å². The van der Waals surface area contributed by atoms with Crippen LogP contribution in [-0.2, 0) is 4.79 Å². The highest BCUT2D eigenvalue weighted by molar-refractivity contribution is 5.94. The summed E-state index contributed by atoms with van der Waals surface area (Å²) in [6.45, 7) is 3.33. The number of benzene rings is 1. The molecule has 4 N–H and O–H groups in total. The van der Waals surface area contributed by atoms with Crippen LogP contribution in [0.1, 0.15) is 30.6 Å². The van der Waals surface area contributed by atoms with Crippen LogP contribution in [0.3, 0.4) is 0 Å². The second-order valence-electron chi connectivity index (χ2n) is 4.71. The third kappa shape index (κ3) is 4.14. The number of rotatable bonds is 4. The molecule has 0 radical (unpaired) electrons. The van der Waals surface area contributed by atoms with Crippen LogP contribution >= 0.6 is 0 Å². The van der Waals surface area contributed by atoms with Gasteiger partial charge in [0.05, 0.1) is 11.3 Å². The van der Waals surface area contributed by atoms with Crippen LogP contribution < -0.4 is 11.1 Å². The Balaban J connectivity index is 2.87. The highest BCUT2D eigenvalue weighted by Crippen LogP contribution is 2.17. The Kier molecular flexibility index (Phi) is 4.03. The average molecular weight is 254 g/mol. The summed E-state index contributed by atoms with van der Waals surface area (Å²) in [5, 5.41) is 11.1. The third-order valence-electron chi connectivity index (χ3n) is 2.10. The Labute approximate surface area is 104 Å².